The van der Waals surface area contributed by atoms with Crippen molar-refractivity contribution < 1.29 is 14.4 Å². The molecule has 0 bridgehead atoms. The van der Waals surface area contributed by atoms with E-state index in [0.29, 0.717) is 18.7 Å². The minimum absolute atomic E-state index is 0.100. The van der Waals surface area contributed by atoms with Gasteiger partial charge in [0.2, 0.25) is 5.91 Å². The first kappa shape index (κ1) is 21.2. The Bertz CT molecular complexity index is 835. The normalized spacial score (nSPS) is 11.0. The van der Waals surface area contributed by atoms with Gasteiger partial charge in [-0.15, -0.1) is 0 Å². The molecular formula is C22H27N3O3. The molecule has 0 heterocycles. The Morgan fingerprint density at radius 2 is 1.43 bits per heavy atom. The number of carbonyl (C=O) groups excluding carboxylic acids is 3. The zero-order valence-electron chi connectivity index (χ0n) is 16.5. The van der Waals surface area contributed by atoms with Crippen LogP contribution in [0.25, 0.3) is 0 Å². The van der Waals surface area contributed by atoms with Gasteiger partial charge in [0, 0.05) is 12.2 Å². The van der Waals surface area contributed by atoms with E-state index in [1.165, 1.54) is 5.56 Å². The van der Waals surface area contributed by atoms with Crippen LogP contribution < -0.4 is 16.4 Å². The summed E-state index contributed by atoms with van der Waals surface area (Å²) in [5.74, 6) is -1.84. The molecule has 0 aliphatic carbocycles. The first-order chi connectivity index (χ1) is 13.1. The summed E-state index contributed by atoms with van der Waals surface area (Å²) in [5, 5.41) is 5.15. The molecule has 3 amide bonds. The lowest BCUT2D eigenvalue weighted by molar-refractivity contribution is -0.136. The fraction of sp³-hybridized carbons (Fsp3) is 0.318. The molecule has 0 atom stereocenters. The summed E-state index contributed by atoms with van der Waals surface area (Å²) in [6.07, 6.45) is 0.775. The fourth-order valence-corrected chi connectivity index (χ4v) is 2.67. The van der Waals surface area contributed by atoms with E-state index in [1.54, 1.807) is 24.3 Å². The topological polar surface area (TPSA) is 101 Å². The molecule has 0 unspecified atom stereocenters. The quantitative estimate of drug-likeness (QED) is 0.669. The third kappa shape index (κ3) is 6.54. The number of benzene rings is 2. The summed E-state index contributed by atoms with van der Waals surface area (Å²) in [4.78, 5) is 34.8. The number of primary amides is 1. The molecule has 0 aliphatic heterocycles. The number of hydrogen-bond acceptors (Lipinski definition) is 3. The van der Waals surface area contributed by atoms with E-state index in [4.69, 9.17) is 5.73 Å². The molecule has 6 heteroatoms. The average molecular weight is 381 g/mol. The van der Waals surface area contributed by atoms with E-state index >= 15 is 0 Å². The van der Waals surface area contributed by atoms with Crippen LogP contribution in [0.2, 0.25) is 0 Å². The molecule has 0 aliphatic rings. The summed E-state index contributed by atoms with van der Waals surface area (Å²) < 4.78 is 0. The van der Waals surface area contributed by atoms with Crippen molar-refractivity contribution in [2.45, 2.75) is 39.0 Å². The monoisotopic (exact) mass is 381 g/mol. The molecule has 0 radical (unpaired) electrons. The minimum atomic E-state index is -0.731. The van der Waals surface area contributed by atoms with Gasteiger partial charge in [-0.05, 0) is 40.7 Å². The van der Waals surface area contributed by atoms with Crippen molar-refractivity contribution in [1.82, 2.24) is 5.32 Å². The molecule has 2 aromatic carbocycles. The Morgan fingerprint density at radius 3 is 1.96 bits per heavy atom. The van der Waals surface area contributed by atoms with Gasteiger partial charge in [-0.2, -0.15) is 0 Å². The van der Waals surface area contributed by atoms with Gasteiger partial charge in [0.15, 0.2) is 0 Å². The van der Waals surface area contributed by atoms with E-state index in [1.807, 2.05) is 12.1 Å². The zero-order chi connectivity index (χ0) is 20.7. The molecule has 2 aromatic rings. The van der Waals surface area contributed by atoms with E-state index in [-0.39, 0.29) is 11.8 Å². The highest BCUT2D eigenvalue weighted by Gasteiger charge is 2.14. The average Bonchev–Trinajstić information content (AvgIpc) is 2.62. The summed E-state index contributed by atoms with van der Waals surface area (Å²) in [6, 6.07) is 14.9. The first-order valence-corrected chi connectivity index (χ1v) is 9.21. The van der Waals surface area contributed by atoms with Gasteiger partial charge in [-0.25, -0.2) is 0 Å². The zero-order valence-corrected chi connectivity index (χ0v) is 16.5. The SMILES string of the molecule is CC(C)(C)c1ccc(CCNC(=O)C(=O)Nc2ccc(CC(N)=O)cc2)cc1. The van der Waals surface area contributed by atoms with Gasteiger partial charge in [0.1, 0.15) is 0 Å². The van der Waals surface area contributed by atoms with Crippen molar-refractivity contribution >= 4 is 23.4 Å². The molecule has 4 N–H and O–H groups in total. The summed E-state index contributed by atoms with van der Waals surface area (Å²) in [6.45, 7) is 6.85. The van der Waals surface area contributed by atoms with Crippen molar-refractivity contribution in [1.29, 1.82) is 0 Å². The van der Waals surface area contributed by atoms with Crippen molar-refractivity contribution in [3.05, 3.63) is 65.2 Å². The number of anilines is 1. The summed E-state index contributed by atoms with van der Waals surface area (Å²) in [5.41, 5.74) is 8.80. The van der Waals surface area contributed by atoms with Crippen molar-refractivity contribution in [3.8, 4) is 0 Å². The van der Waals surface area contributed by atoms with Crippen LogP contribution in [-0.2, 0) is 32.6 Å². The Hall–Kier alpha value is -3.15. The van der Waals surface area contributed by atoms with Crippen LogP contribution >= 0.6 is 0 Å². The van der Waals surface area contributed by atoms with E-state index < -0.39 is 17.7 Å². The van der Waals surface area contributed by atoms with Gasteiger partial charge in [-0.3, -0.25) is 14.4 Å². The molecule has 0 saturated heterocycles. The van der Waals surface area contributed by atoms with E-state index in [0.717, 1.165) is 11.1 Å². The second-order valence-electron chi connectivity index (χ2n) is 7.75. The fourth-order valence-electron chi connectivity index (χ4n) is 2.67. The van der Waals surface area contributed by atoms with Gasteiger partial charge < -0.3 is 16.4 Å². The van der Waals surface area contributed by atoms with Crippen LogP contribution in [0.4, 0.5) is 5.69 Å². The maximum Gasteiger partial charge on any atom is 0.313 e. The minimum Gasteiger partial charge on any atom is -0.369 e. The molecule has 148 valence electrons. The van der Waals surface area contributed by atoms with Crippen LogP contribution in [0.3, 0.4) is 0 Å². The summed E-state index contributed by atoms with van der Waals surface area (Å²) >= 11 is 0. The standard InChI is InChI=1S/C22H27N3O3/c1-22(2,3)17-8-4-15(5-9-17)12-13-24-20(27)21(28)25-18-10-6-16(7-11-18)14-19(23)26/h4-11H,12-14H2,1-3H3,(H2,23,26)(H,24,27)(H,25,28). The smallest absolute Gasteiger partial charge is 0.313 e. The number of nitrogens with two attached hydrogens (primary N) is 1. The highest BCUT2D eigenvalue weighted by molar-refractivity contribution is 6.39. The Labute approximate surface area is 165 Å². The third-order valence-electron chi connectivity index (χ3n) is 4.32. The lowest BCUT2D eigenvalue weighted by Crippen LogP contribution is -2.36. The largest absolute Gasteiger partial charge is 0.369 e. The third-order valence-corrected chi connectivity index (χ3v) is 4.32. The highest BCUT2D eigenvalue weighted by atomic mass is 16.2. The second-order valence-corrected chi connectivity index (χ2v) is 7.75. The van der Waals surface area contributed by atoms with Crippen LogP contribution in [0, 0.1) is 0 Å². The Balaban J connectivity index is 1.79. The van der Waals surface area contributed by atoms with Gasteiger partial charge in [-0.1, -0.05) is 57.2 Å². The number of hydrogen-bond donors (Lipinski definition) is 3. The van der Waals surface area contributed by atoms with Crippen LogP contribution in [0.5, 0.6) is 0 Å². The van der Waals surface area contributed by atoms with E-state index in [9.17, 15) is 14.4 Å². The number of carbonyl (C=O) groups is 3. The summed E-state index contributed by atoms with van der Waals surface area (Å²) in [7, 11) is 0. The molecule has 28 heavy (non-hydrogen) atoms. The second kappa shape index (κ2) is 9.17. The van der Waals surface area contributed by atoms with Gasteiger partial charge in [0.25, 0.3) is 0 Å². The predicted molar refractivity (Wildman–Crippen MR) is 110 cm³/mol. The maximum atomic E-state index is 12.0. The first-order valence-electron chi connectivity index (χ1n) is 9.21. The van der Waals surface area contributed by atoms with Crippen LogP contribution in [-0.4, -0.2) is 24.3 Å². The lowest BCUT2D eigenvalue weighted by Gasteiger charge is -2.19. The van der Waals surface area contributed by atoms with E-state index in [2.05, 4.69) is 43.5 Å². The number of amides is 3. The van der Waals surface area contributed by atoms with Crippen molar-refractivity contribution in [2.24, 2.45) is 5.73 Å². The Morgan fingerprint density at radius 1 is 0.857 bits per heavy atom. The van der Waals surface area contributed by atoms with Gasteiger partial charge >= 0.3 is 11.8 Å². The number of rotatable bonds is 6. The number of nitrogens with one attached hydrogen (secondary N) is 2. The van der Waals surface area contributed by atoms with Crippen LogP contribution in [0.1, 0.15) is 37.5 Å². The molecule has 0 fully saturated rings. The molecule has 6 nitrogen and oxygen atoms in total. The van der Waals surface area contributed by atoms with Gasteiger partial charge in [0.05, 0.1) is 6.42 Å². The highest BCUT2D eigenvalue weighted by Crippen LogP contribution is 2.22. The predicted octanol–water partition coefficient (Wildman–Crippen LogP) is 2.31. The molecule has 2 rings (SSSR count). The lowest BCUT2D eigenvalue weighted by atomic mass is 9.86. The maximum absolute atomic E-state index is 12.0. The molecule has 0 spiro atoms. The van der Waals surface area contributed by atoms with Crippen LogP contribution in [0.15, 0.2) is 48.5 Å². The Kier molecular flexibility index (Phi) is 6.93. The molecule has 0 saturated carbocycles. The van der Waals surface area contributed by atoms with Crippen molar-refractivity contribution in [3.63, 3.8) is 0 Å². The molecular weight excluding hydrogens is 354 g/mol. The molecule has 0 aromatic heterocycles. The van der Waals surface area contributed by atoms with Crippen molar-refractivity contribution in [2.75, 3.05) is 11.9 Å².